The van der Waals surface area contributed by atoms with E-state index in [1.165, 1.54) is 0 Å². The molecule has 0 saturated carbocycles. The normalized spacial score (nSPS) is 9.71. The van der Waals surface area contributed by atoms with Gasteiger partial charge in [-0.25, -0.2) is 4.79 Å². The molecule has 0 aliphatic heterocycles. The summed E-state index contributed by atoms with van der Waals surface area (Å²) in [5.41, 5.74) is 2.14. The largest absolute Gasteiger partial charge is 0.380 e. The third-order valence-corrected chi connectivity index (χ3v) is 2.26. The summed E-state index contributed by atoms with van der Waals surface area (Å²) >= 11 is 0. The fourth-order valence-corrected chi connectivity index (χ4v) is 1.43. The first-order chi connectivity index (χ1) is 8.27. The molecule has 0 aliphatic carbocycles. The molecule has 0 aliphatic rings. The Hall–Kier alpha value is -1.81. The summed E-state index contributed by atoms with van der Waals surface area (Å²) in [6.07, 6.45) is 1.64. The topological polar surface area (TPSA) is 50.4 Å². The van der Waals surface area contributed by atoms with Gasteiger partial charge in [0.25, 0.3) is 0 Å². The van der Waals surface area contributed by atoms with E-state index in [2.05, 4.69) is 17.2 Å². The number of methoxy groups -OCH3 is 1. The summed E-state index contributed by atoms with van der Waals surface area (Å²) in [5, 5.41) is 5.43. The zero-order valence-electron chi connectivity index (χ0n) is 10.0. The van der Waals surface area contributed by atoms with Crippen LogP contribution in [0.25, 0.3) is 0 Å². The Morgan fingerprint density at radius 2 is 2.06 bits per heavy atom. The number of urea groups is 1. The maximum atomic E-state index is 11.3. The number of ether oxygens (including phenoxy) is 1. The lowest BCUT2D eigenvalue weighted by atomic mass is 10.1. The van der Waals surface area contributed by atoms with Crippen molar-refractivity contribution >= 4 is 6.03 Å². The Bertz CT molecular complexity index is 377. The SMILES string of the molecule is C=CCNC(=O)NCc1ccccc1COC. The van der Waals surface area contributed by atoms with Gasteiger partial charge in [-0.2, -0.15) is 0 Å². The van der Waals surface area contributed by atoms with Gasteiger partial charge in [-0.15, -0.1) is 6.58 Å². The minimum absolute atomic E-state index is 0.197. The Balaban J connectivity index is 2.50. The van der Waals surface area contributed by atoms with Crippen LogP contribution in [0.4, 0.5) is 4.79 Å². The summed E-state index contributed by atoms with van der Waals surface area (Å²) in [6, 6.07) is 7.66. The van der Waals surface area contributed by atoms with Crippen LogP contribution in [-0.2, 0) is 17.9 Å². The van der Waals surface area contributed by atoms with Crippen molar-refractivity contribution in [3.05, 3.63) is 48.0 Å². The second kappa shape index (κ2) is 7.46. The van der Waals surface area contributed by atoms with E-state index in [0.29, 0.717) is 19.7 Å². The van der Waals surface area contributed by atoms with Crippen molar-refractivity contribution in [1.82, 2.24) is 10.6 Å². The lowest BCUT2D eigenvalue weighted by Gasteiger charge is -2.10. The highest BCUT2D eigenvalue weighted by Gasteiger charge is 2.03. The van der Waals surface area contributed by atoms with Crippen molar-refractivity contribution in [2.45, 2.75) is 13.2 Å². The van der Waals surface area contributed by atoms with Crippen molar-refractivity contribution in [2.75, 3.05) is 13.7 Å². The highest BCUT2D eigenvalue weighted by molar-refractivity contribution is 5.73. The number of benzene rings is 1. The van der Waals surface area contributed by atoms with Gasteiger partial charge in [-0.1, -0.05) is 30.3 Å². The van der Waals surface area contributed by atoms with E-state index >= 15 is 0 Å². The first-order valence-electron chi connectivity index (χ1n) is 5.46. The molecule has 0 radical (unpaired) electrons. The maximum Gasteiger partial charge on any atom is 0.315 e. The standard InChI is InChI=1S/C13H18N2O2/c1-3-8-14-13(16)15-9-11-6-4-5-7-12(11)10-17-2/h3-7H,1,8-10H2,2H3,(H2,14,15,16). The van der Waals surface area contributed by atoms with Crippen molar-refractivity contribution in [3.63, 3.8) is 0 Å². The zero-order valence-corrected chi connectivity index (χ0v) is 10.0. The van der Waals surface area contributed by atoms with Gasteiger partial charge in [0, 0.05) is 20.2 Å². The summed E-state index contributed by atoms with van der Waals surface area (Å²) in [7, 11) is 1.65. The van der Waals surface area contributed by atoms with Gasteiger partial charge >= 0.3 is 6.03 Å². The fraction of sp³-hybridized carbons (Fsp3) is 0.308. The predicted molar refractivity (Wildman–Crippen MR) is 67.6 cm³/mol. The van der Waals surface area contributed by atoms with E-state index in [0.717, 1.165) is 11.1 Å². The Labute approximate surface area is 102 Å². The molecule has 0 heterocycles. The van der Waals surface area contributed by atoms with E-state index in [1.807, 2.05) is 24.3 Å². The Morgan fingerprint density at radius 1 is 1.35 bits per heavy atom. The molecular formula is C13H18N2O2. The number of hydrogen-bond acceptors (Lipinski definition) is 2. The fourth-order valence-electron chi connectivity index (χ4n) is 1.43. The molecule has 2 amide bonds. The molecule has 0 unspecified atom stereocenters. The first kappa shape index (κ1) is 13.3. The molecule has 0 fully saturated rings. The third kappa shape index (κ3) is 4.70. The molecule has 0 bridgehead atoms. The second-order valence-electron chi connectivity index (χ2n) is 3.55. The molecule has 2 N–H and O–H groups in total. The summed E-state index contributed by atoms with van der Waals surface area (Å²) < 4.78 is 5.10. The summed E-state index contributed by atoms with van der Waals surface area (Å²) in [6.45, 7) is 5.03. The number of hydrogen-bond donors (Lipinski definition) is 2. The van der Waals surface area contributed by atoms with Gasteiger partial charge < -0.3 is 15.4 Å². The smallest absolute Gasteiger partial charge is 0.315 e. The molecule has 1 rings (SSSR count). The highest BCUT2D eigenvalue weighted by Crippen LogP contribution is 2.09. The molecule has 1 aromatic rings. The van der Waals surface area contributed by atoms with Crippen LogP contribution in [0.3, 0.4) is 0 Å². The van der Waals surface area contributed by atoms with Crippen LogP contribution in [0, 0.1) is 0 Å². The van der Waals surface area contributed by atoms with Gasteiger partial charge in [-0.05, 0) is 11.1 Å². The second-order valence-corrected chi connectivity index (χ2v) is 3.55. The van der Waals surface area contributed by atoms with Gasteiger partial charge in [-0.3, -0.25) is 0 Å². The van der Waals surface area contributed by atoms with Crippen molar-refractivity contribution in [3.8, 4) is 0 Å². The predicted octanol–water partition coefficient (Wildman–Crippen LogP) is 1.82. The van der Waals surface area contributed by atoms with Crippen LogP contribution in [0.1, 0.15) is 11.1 Å². The van der Waals surface area contributed by atoms with Crippen LogP contribution >= 0.6 is 0 Å². The average Bonchev–Trinajstić information content (AvgIpc) is 2.35. The third-order valence-electron chi connectivity index (χ3n) is 2.26. The molecule has 4 nitrogen and oxygen atoms in total. The molecule has 0 spiro atoms. The lowest BCUT2D eigenvalue weighted by molar-refractivity contribution is 0.184. The number of carbonyl (C=O) groups is 1. The van der Waals surface area contributed by atoms with Crippen LogP contribution in [0.2, 0.25) is 0 Å². The lowest BCUT2D eigenvalue weighted by Crippen LogP contribution is -2.35. The average molecular weight is 234 g/mol. The quantitative estimate of drug-likeness (QED) is 0.738. The molecular weight excluding hydrogens is 216 g/mol. The minimum atomic E-state index is -0.197. The van der Waals surface area contributed by atoms with E-state index in [9.17, 15) is 4.79 Å². The van der Waals surface area contributed by atoms with Crippen molar-refractivity contribution in [1.29, 1.82) is 0 Å². The molecule has 0 saturated heterocycles. The van der Waals surface area contributed by atoms with Gasteiger partial charge in [0.1, 0.15) is 0 Å². The molecule has 92 valence electrons. The molecule has 0 atom stereocenters. The van der Waals surface area contributed by atoms with Crippen LogP contribution < -0.4 is 10.6 Å². The van der Waals surface area contributed by atoms with Gasteiger partial charge in [0.05, 0.1) is 6.61 Å². The van der Waals surface area contributed by atoms with Crippen LogP contribution in [0.5, 0.6) is 0 Å². The van der Waals surface area contributed by atoms with Gasteiger partial charge in [0.15, 0.2) is 0 Å². The zero-order chi connectivity index (χ0) is 12.5. The number of carbonyl (C=O) groups excluding carboxylic acids is 1. The summed E-state index contributed by atoms with van der Waals surface area (Å²) in [4.78, 5) is 11.3. The summed E-state index contributed by atoms with van der Waals surface area (Å²) in [5.74, 6) is 0. The van der Waals surface area contributed by atoms with Crippen LogP contribution in [0.15, 0.2) is 36.9 Å². The van der Waals surface area contributed by atoms with E-state index < -0.39 is 0 Å². The Kier molecular flexibility index (Phi) is 5.82. The van der Waals surface area contributed by atoms with Crippen LogP contribution in [-0.4, -0.2) is 19.7 Å². The van der Waals surface area contributed by atoms with Crippen molar-refractivity contribution in [2.24, 2.45) is 0 Å². The number of nitrogens with one attached hydrogen (secondary N) is 2. The monoisotopic (exact) mass is 234 g/mol. The molecule has 0 aromatic heterocycles. The minimum Gasteiger partial charge on any atom is -0.380 e. The number of rotatable bonds is 6. The highest BCUT2D eigenvalue weighted by atomic mass is 16.5. The first-order valence-corrected chi connectivity index (χ1v) is 5.46. The maximum absolute atomic E-state index is 11.3. The molecule has 17 heavy (non-hydrogen) atoms. The van der Waals surface area contributed by atoms with E-state index in [-0.39, 0.29) is 6.03 Å². The molecule has 1 aromatic carbocycles. The van der Waals surface area contributed by atoms with E-state index in [4.69, 9.17) is 4.74 Å². The van der Waals surface area contributed by atoms with Gasteiger partial charge in [0.2, 0.25) is 0 Å². The van der Waals surface area contributed by atoms with Crippen molar-refractivity contribution < 1.29 is 9.53 Å². The van der Waals surface area contributed by atoms with E-state index in [1.54, 1.807) is 13.2 Å². The Morgan fingerprint density at radius 3 is 2.71 bits per heavy atom. The number of amides is 2. The molecule has 4 heteroatoms.